The molecular formula is C6H11NO. The minimum absolute atomic E-state index is 0.380. The van der Waals surface area contributed by atoms with E-state index in [4.69, 9.17) is 10.00 Å². The summed E-state index contributed by atoms with van der Waals surface area (Å²) in [5, 5.41) is 8.16. The fourth-order valence-electron chi connectivity index (χ4n) is 0.499. The van der Waals surface area contributed by atoms with Gasteiger partial charge in [0.05, 0.1) is 6.07 Å². The molecule has 0 rings (SSSR count). The molecule has 0 aliphatic heterocycles. The molecule has 0 unspecified atom stereocenters. The van der Waals surface area contributed by atoms with E-state index in [1.54, 1.807) is 7.11 Å². The third kappa shape index (κ3) is 3.63. The van der Waals surface area contributed by atoms with Gasteiger partial charge in [-0.3, -0.25) is 0 Å². The summed E-state index contributed by atoms with van der Waals surface area (Å²) in [5.74, 6) is 0.380. The number of hydrogen-bond donors (Lipinski definition) is 0. The van der Waals surface area contributed by atoms with Gasteiger partial charge in [0.1, 0.15) is 0 Å². The number of ether oxygens (including phenoxy) is 1. The first-order valence-corrected chi connectivity index (χ1v) is 2.67. The molecule has 0 aromatic carbocycles. The highest BCUT2D eigenvalue weighted by Crippen LogP contribution is 1.98. The highest BCUT2D eigenvalue weighted by atomic mass is 16.5. The molecule has 0 aromatic heterocycles. The van der Waals surface area contributed by atoms with Crippen molar-refractivity contribution >= 4 is 0 Å². The SMILES string of the molecule is COC[C@@H](C)CC#N. The van der Waals surface area contributed by atoms with Gasteiger partial charge in [-0.15, -0.1) is 0 Å². The van der Waals surface area contributed by atoms with E-state index in [9.17, 15) is 0 Å². The summed E-state index contributed by atoms with van der Waals surface area (Å²) in [6, 6.07) is 2.07. The van der Waals surface area contributed by atoms with Crippen LogP contribution in [0, 0.1) is 17.2 Å². The standard InChI is InChI=1S/C6H11NO/c1-6(3-4-7)5-8-2/h6H,3,5H2,1-2H3/t6-/m0/s1. The normalized spacial score (nSPS) is 12.6. The zero-order valence-corrected chi connectivity index (χ0v) is 5.35. The van der Waals surface area contributed by atoms with E-state index in [0.29, 0.717) is 18.9 Å². The molecule has 0 saturated heterocycles. The molecule has 0 aliphatic rings. The lowest BCUT2D eigenvalue weighted by molar-refractivity contribution is 0.161. The molecule has 2 heteroatoms. The van der Waals surface area contributed by atoms with Gasteiger partial charge in [-0.25, -0.2) is 0 Å². The van der Waals surface area contributed by atoms with Crippen LogP contribution in [0.25, 0.3) is 0 Å². The first kappa shape index (κ1) is 7.45. The van der Waals surface area contributed by atoms with Gasteiger partial charge in [-0.05, 0) is 5.92 Å². The van der Waals surface area contributed by atoms with Gasteiger partial charge in [0.25, 0.3) is 0 Å². The van der Waals surface area contributed by atoms with E-state index < -0.39 is 0 Å². The van der Waals surface area contributed by atoms with Crippen LogP contribution in [0.2, 0.25) is 0 Å². The van der Waals surface area contributed by atoms with Crippen LogP contribution in [0.15, 0.2) is 0 Å². The van der Waals surface area contributed by atoms with Gasteiger partial charge in [-0.2, -0.15) is 5.26 Å². The summed E-state index contributed by atoms with van der Waals surface area (Å²) in [6.07, 6.45) is 0.591. The number of nitrogens with zero attached hydrogens (tertiary/aromatic N) is 1. The fraction of sp³-hybridized carbons (Fsp3) is 0.833. The summed E-state index contributed by atoms with van der Waals surface area (Å²) >= 11 is 0. The summed E-state index contributed by atoms with van der Waals surface area (Å²) < 4.78 is 4.81. The second-order valence-electron chi connectivity index (χ2n) is 1.92. The predicted molar refractivity (Wildman–Crippen MR) is 31.3 cm³/mol. The monoisotopic (exact) mass is 113 g/mol. The lowest BCUT2D eigenvalue weighted by atomic mass is 10.1. The quantitative estimate of drug-likeness (QED) is 0.550. The highest BCUT2D eigenvalue weighted by molar-refractivity contribution is 4.72. The zero-order chi connectivity index (χ0) is 6.41. The Hall–Kier alpha value is -0.550. The molecule has 1 atom stereocenters. The number of nitriles is 1. The van der Waals surface area contributed by atoms with Crippen molar-refractivity contribution in [1.82, 2.24) is 0 Å². The third-order valence-corrected chi connectivity index (χ3v) is 0.891. The van der Waals surface area contributed by atoms with Gasteiger partial charge in [0.15, 0.2) is 0 Å². The van der Waals surface area contributed by atoms with Gasteiger partial charge in [-0.1, -0.05) is 6.92 Å². The summed E-state index contributed by atoms with van der Waals surface area (Å²) in [6.45, 7) is 2.68. The van der Waals surface area contributed by atoms with E-state index in [1.165, 1.54) is 0 Å². The van der Waals surface area contributed by atoms with Crippen LogP contribution in [0.1, 0.15) is 13.3 Å². The second kappa shape index (κ2) is 4.61. The Labute approximate surface area is 50.1 Å². The molecule has 0 spiro atoms. The van der Waals surface area contributed by atoms with Crippen LogP contribution in [-0.4, -0.2) is 13.7 Å². The average Bonchev–Trinajstić information content (AvgIpc) is 1.68. The molecule has 0 saturated carbocycles. The van der Waals surface area contributed by atoms with Gasteiger partial charge in [0, 0.05) is 20.1 Å². The Morgan fingerprint density at radius 1 is 1.75 bits per heavy atom. The lowest BCUT2D eigenvalue weighted by Crippen LogP contribution is -2.01. The molecule has 0 fully saturated rings. The van der Waals surface area contributed by atoms with Crippen LogP contribution >= 0.6 is 0 Å². The van der Waals surface area contributed by atoms with Crippen molar-refractivity contribution in [2.24, 2.45) is 5.92 Å². The Morgan fingerprint density at radius 3 is 2.75 bits per heavy atom. The molecule has 0 aliphatic carbocycles. The highest BCUT2D eigenvalue weighted by Gasteiger charge is 1.96. The Bertz CT molecular complexity index is 85.0. The molecule has 0 bridgehead atoms. The molecular weight excluding hydrogens is 102 g/mol. The molecule has 0 N–H and O–H groups in total. The molecule has 0 heterocycles. The minimum atomic E-state index is 0.380. The molecule has 46 valence electrons. The van der Waals surface area contributed by atoms with E-state index in [-0.39, 0.29) is 0 Å². The van der Waals surface area contributed by atoms with Gasteiger partial charge >= 0.3 is 0 Å². The van der Waals surface area contributed by atoms with Crippen LogP contribution in [0.5, 0.6) is 0 Å². The first-order valence-electron chi connectivity index (χ1n) is 2.67. The van der Waals surface area contributed by atoms with Gasteiger partial charge < -0.3 is 4.74 Å². The molecule has 0 amide bonds. The number of methoxy groups -OCH3 is 1. The molecule has 0 radical (unpaired) electrons. The molecule has 0 aromatic rings. The second-order valence-corrected chi connectivity index (χ2v) is 1.92. The Kier molecular flexibility index (Phi) is 4.29. The first-order chi connectivity index (χ1) is 3.81. The summed E-state index contributed by atoms with van der Waals surface area (Å²) in [4.78, 5) is 0. The van der Waals surface area contributed by atoms with Crippen LogP contribution in [0.4, 0.5) is 0 Å². The van der Waals surface area contributed by atoms with Crippen LogP contribution < -0.4 is 0 Å². The predicted octanol–water partition coefficient (Wildman–Crippen LogP) is 1.18. The fourth-order valence-corrected chi connectivity index (χ4v) is 0.499. The van der Waals surface area contributed by atoms with Crippen molar-refractivity contribution < 1.29 is 4.74 Å². The van der Waals surface area contributed by atoms with Crippen LogP contribution in [-0.2, 0) is 4.74 Å². The van der Waals surface area contributed by atoms with Crippen molar-refractivity contribution in [3.05, 3.63) is 0 Å². The maximum atomic E-state index is 8.16. The number of hydrogen-bond acceptors (Lipinski definition) is 2. The van der Waals surface area contributed by atoms with Crippen LogP contribution in [0.3, 0.4) is 0 Å². The lowest BCUT2D eigenvalue weighted by Gasteiger charge is -2.01. The molecule has 2 nitrogen and oxygen atoms in total. The smallest absolute Gasteiger partial charge is 0.0625 e. The van der Waals surface area contributed by atoms with E-state index >= 15 is 0 Å². The van der Waals surface area contributed by atoms with Crippen molar-refractivity contribution in [2.75, 3.05) is 13.7 Å². The van der Waals surface area contributed by atoms with Crippen molar-refractivity contribution in [3.63, 3.8) is 0 Å². The third-order valence-electron chi connectivity index (χ3n) is 0.891. The molecule has 8 heavy (non-hydrogen) atoms. The summed E-state index contributed by atoms with van der Waals surface area (Å²) in [7, 11) is 1.65. The summed E-state index contributed by atoms with van der Waals surface area (Å²) in [5.41, 5.74) is 0. The zero-order valence-electron chi connectivity index (χ0n) is 5.35. The Morgan fingerprint density at radius 2 is 2.38 bits per heavy atom. The maximum Gasteiger partial charge on any atom is 0.0625 e. The number of rotatable bonds is 3. The van der Waals surface area contributed by atoms with Crippen molar-refractivity contribution in [1.29, 1.82) is 5.26 Å². The van der Waals surface area contributed by atoms with Crippen molar-refractivity contribution in [3.8, 4) is 6.07 Å². The Balaban J connectivity index is 3.08. The average molecular weight is 113 g/mol. The van der Waals surface area contributed by atoms with Crippen molar-refractivity contribution in [2.45, 2.75) is 13.3 Å². The topological polar surface area (TPSA) is 33.0 Å². The van der Waals surface area contributed by atoms with E-state index in [2.05, 4.69) is 6.07 Å². The maximum absolute atomic E-state index is 8.16. The van der Waals surface area contributed by atoms with E-state index in [0.717, 1.165) is 0 Å². The van der Waals surface area contributed by atoms with Gasteiger partial charge in [0.2, 0.25) is 0 Å². The van der Waals surface area contributed by atoms with E-state index in [1.807, 2.05) is 6.92 Å². The largest absolute Gasteiger partial charge is 0.384 e. The minimum Gasteiger partial charge on any atom is -0.384 e.